The first-order valence-electron chi connectivity index (χ1n) is 10.00. The zero-order valence-electron chi connectivity index (χ0n) is 17.0. The molecule has 1 aliphatic heterocycles. The Labute approximate surface area is 163 Å². The molecule has 1 aliphatic rings. The van der Waals surface area contributed by atoms with Crippen molar-refractivity contribution in [3.05, 3.63) is 35.4 Å². The van der Waals surface area contributed by atoms with E-state index in [1.54, 1.807) is 19.2 Å². The van der Waals surface area contributed by atoms with Crippen molar-refractivity contribution in [2.45, 2.75) is 45.1 Å². The lowest BCUT2D eigenvalue weighted by molar-refractivity contribution is 0.0600. The number of rotatable bonds is 8. The molecule has 6 heteroatoms. The number of esters is 1. The zero-order valence-corrected chi connectivity index (χ0v) is 17.0. The fraction of sp³-hybridized carbons (Fsp3) is 0.619. The van der Waals surface area contributed by atoms with Crippen LogP contribution in [0.4, 0.5) is 0 Å². The minimum Gasteiger partial charge on any atom is -0.465 e. The molecule has 1 heterocycles. The predicted octanol–water partition coefficient (Wildman–Crippen LogP) is 2.45. The van der Waals surface area contributed by atoms with Gasteiger partial charge in [0.1, 0.15) is 0 Å². The number of guanidine groups is 1. The third-order valence-electron chi connectivity index (χ3n) is 5.16. The van der Waals surface area contributed by atoms with Gasteiger partial charge in [-0.25, -0.2) is 4.79 Å². The highest BCUT2D eigenvalue weighted by atomic mass is 16.5. The molecule has 1 atom stereocenters. The highest BCUT2D eigenvalue weighted by molar-refractivity contribution is 5.89. The van der Waals surface area contributed by atoms with Gasteiger partial charge in [-0.2, -0.15) is 0 Å². The Kier molecular flexibility index (Phi) is 9.11. The van der Waals surface area contributed by atoms with Crippen LogP contribution >= 0.6 is 0 Å². The quantitative estimate of drug-likeness (QED) is 0.317. The van der Waals surface area contributed by atoms with Crippen molar-refractivity contribution in [3.63, 3.8) is 0 Å². The lowest BCUT2D eigenvalue weighted by Crippen LogP contribution is -2.41. The number of piperidine rings is 1. The highest BCUT2D eigenvalue weighted by Gasteiger charge is 2.17. The number of ether oxygens (including phenoxy) is 1. The molecule has 0 saturated carbocycles. The Hall–Kier alpha value is -2.08. The summed E-state index contributed by atoms with van der Waals surface area (Å²) in [6.45, 7) is 6.45. The molecular formula is C21H34N4O2. The van der Waals surface area contributed by atoms with E-state index in [-0.39, 0.29) is 5.97 Å². The van der Waals surface area contributed by atoms with Crippen LogP contribution in [-0.4, -0.2) is 63.2 Å². The van der Waals surface area contributed by atoms with Gasteiger partial charge in [0.15, 0.2) is 5.96 Å². The van der Waals surface area contributed by atoms with Gasteiger partial charge in [0.05, 0.1) is 12.7 Å². The van der Waals surface area contributed by atoms with Gasteiger partial charge in [-0.05, 0) is 56.8 Å². The summed E-state index contributed by atoms with van der Waals surface area (Å²) >= 11 is 0. The molecule has 1 unspecified atom stereocenters. The third-order valence-corrected chi connectivity index (χ3v) is 5.16. The number of hydrogen-bond donors (Lipinski definition) is 2. The van der Waals surface area contributed by atoms with Crippen LogP contribution in [0.25, 0.3) is 0 Å². The third kappa shape index (κ3) is 7.21. The maximum Gasteiger partial charge on any atom is 0.337 e. The van der Waals surface area contributed by atoms with Gasteiger partial charge in [-0.1, -0.05) is 18.6 Å². The average Bonchev–Trinajstić information content (AvgIpc) is 2.70. The van der Waals surface area contributed by atoms with E-state index in [1.807, 2.05) is 12.1 Å². The van der Waals surface area contributed by atoms with Gasteiger partial charge in [-0.15, -0.1) is 0 Å². The van der Waals surface area contributed by atoms with Gasteiger partial charge in [0.2, 0.25) is 0 Å². The molecule has 6 nitrogen and oxygen atoms in total. The van der Waals surface area contributed by atoms with Crippen molar-refractivity contribution in [3.8, 4) is 0 Å². The lowest BCUT2D eigenvalue weighted by Gasteiger charge is -2.33. The number of carbonyl (C=O) groups excluding carboxylic acids is 1. The number of hydrogen-bond acceptors (Lipinski definition) is 4. The number of benzene rings is 1. The summed E-state index contributed by atoms with van der Waals surface area (Å²) in [4.78, 5) is 18.3. The predicted molar refractivity (Wildman–Crippen MR) is 110 cm³/mol. The Bertz CT molecular complexity index is 601. The van der Waals surface area contributed by atoms with Gasteiger partial charge >= 0.3 is 5.97 Å². The maximum atomic E-state index is 11.4. The monoisotopic (exact) mass is 374 g/mol. The molecule has 1 aromatic rings. The zero-order chi connectivity index (χ0) is 19.5. The van der Waals surface area contributed by atoms with E-state index in [4.69, 9.17) is 4.74 Å². The van der Waals surface area contributed by atoms with Crippen molar-refractivity contribution in [2.75, 3.05) is 40.3 Å². The summed E-state index contributed by atoms with van der Waals surface area (Å²) < 4.78 is 4.72. The lowest BCUT2D eigenvalue weighted by atomic mass is 10.0. The summed E-state index contributed by atoms with van der Waals surface area (Å²) in [6.07, 6.45) is 6.03. The molecule has 0 radical (unpaired) electrons. The molecule has 1 aromatic carbocycles. The number of aliphatic imine (C=N–C) groups is 1. The molecule has 0 aromatic heterocycles. The Morgan fingerprint density at radius 1 is 1.22 bits per heavy atom. The smallest absolute Gasteiger partial charge is 0.337 e. The molecule has 1 fully saturated rings. The largest absolute Gasteiger partial charge is 0.465 e. The second-order valence-electron chi connectivity index (χ2n) is 7.10. The molecule has 1 saturated heterocycles. The second-order valence-corrected chi connectivity index (χ2v) is 7.10. The van der Waals surface area contributed by atoms with Crippen LogP contribution in [0.15, 0.2) is 29.3 Å². The number of carbonyl (C=O) groups is 1. The molecule has 0 spiro atoms. The molecule has 0 amide bonds. The number of nitrogens with one attached hydrogen (secondary N) is 2. The summed E-state index contributed by atoms with van der Waals surface area (Å²) in [5.41, 5.74) is 1.75. The number of nitrogens with zero attached hydrogens (tertiary/aromatic N) is 2. The molecule has 0 aliphatic carbocycles. The Morgan fingerprint density at radius 2 is 1.96 bits per heavy atom. The average molecular weight is 375 g/mol. The summed E-state index contributed by atoms with van der Waals surface area (Å²) in [5, 5.41) is 6.74. The van der Waals surface area contributed by atoms with E-state index < -0.39 is 0 Å². The van der Waals surface area contributed by atoms with E-state index in [0.717, 1.165) is 44.5 Å². The first-order valence-corrected chi connectivity index (χ1v) is 10.00. The van der Waals surface area contributed by atoms with Crippen LogP contribution in [0.5, 0.6) is 0 Å². The second kappa shape index (κ2) is 11.6. The fourth-order valence-corrected chi connectivity index (χ4v) is 3.45. The van der Waals surface area contributed by atoms with Crippen LogP contribution in [0.1, 0.15) is 48.5 Å². The van der Waals surface area contributed by atoms with Crippen molar-refractivity contribution in [1.82, 2.24) is 15.5 Å². The van der Waals surface area contributed by atoms with Crippen LogP contribution < -0.4 is 10.6 Å². The maximum absolute atomic E-state index is 11.4. The van der Waals surface area contributed by atoms with Gasteiger partial charge in [-0.3, -0.25) is 4.99 Å². The SMILES string of the molecule is CN=C(NCCCN1CCCCC1C)NCCc1ccc(C(=O)OC)cc1. The molecular weight excluding hydrogens is 340 g/mol. The standard InChI is InChI=1S/C21H34N4O2/c1-17-7-4-5-15-25(17)16-6-13-23-21(22-2)24-14-12-18-8-10-19(11-9-18)20(26)27-3/h8-11,17H,4-7,12-16H2,1-3H3,(H2,22,23,24). The van der Waals surface area contributed by atoms with Crippen molar-refractivity contribution < 1.29 is 9.53 Å². The Morgan fingerprint density at radius 3 is 2.63 bits per heavy atom. The highest BCUT2D eigenvalue weighted by Crippen LogP contribution is 2.16. The van der Waals surface area contributed by atoms with E-state index >= 15 is 0 Å². The first kappa shape index (κ1) is 21.2. The minimum atomic E-state index is -0.303. The van der Waals surface area contributed by atoms with Crippen molar-refractivity contribution >= 4 is 11.9 Å². The molecule has 0 bridgehead atoms. The van der Waals surface area contributed by atoms with Gasteiger partial charge in [0, 0.05) is 32.7 Å². The van der Waals surface area contributed by atoms with Gasteiger partial charge in [0.25, 0.3) is 0 Å². The van der Waals surface area contributed by atoms with Gasteiger partial charge < -0.3 is 20.3 Å². The van der Waals surface area contributed by atoms with E-state index in [0.29, 0.717) is 5.56 Å². The fourth-order valence-electron chi connectivity index (χ4n) is 3.45. The van der Waals surface area contributed by atoms with E-state index in [2.05, 4.69) is 27.4 Å². The van der Waals surface area contributed by atoms with Crippen molar-refractivity contribution in [1.29, 1.82) is 0 Å². The molecule has 2 N–H and O–H groups in total. The van der Waals surface area contributed by atoms with Crippen LogP contribution in [-0.2, 0) is 11.2 Å². The number of likely N-dealkylation sites (tertiary alicyclic amines) is 1. The first-order chi connectivity index (χ1) is 13.1. The summed E-state index contributed by atoms with van der Waals surface area (Å²) in [5.74, 6) is 0.538. The van der Waals surface area contributed by atoms with Crippen LogP contribution in [0, 0.1) is 0 Å². The van der Waals surface area contributed by atoms with Crippen LogP contribution in [0.3, 0.4) is 0 Å². The van der Waals surface area contributed by atoms with Crippen molar-refractivity contribution in [2.24, 2.45) is 4.99 Å². The molecule has 2 rings (SSSR count). The summed E-state index contributed by atoms with van der Waals surface area (Å²) in [7, 11) is 3.19. The summed E-state index contributed by atoms with van der Waals surface area (Å²) in [6, 6.07) is 8.25. The minimum absolute atomic E-state index is 0.303. The number of methoxy groups -OCH3 is 1. The van der Waals surface area contributed by atoms with Crippen LogP contribution in [0.2, 0.25) is 0 Å². The van der Waals surface area contributed by atoms with E-state index in [1.165, 1.54) is 38.5 Å². The molecule has 150 valence electrons. The molecule has 27 heavy (non-hydrogen) atoms. The normalized spacial score (nSPS) is 18.2. The Balaban J connectivity index is 1.63. The van der Waals surface area contributed by atoms with E-state index in [9.17, 15) is 4.79 Å². The topological polar surface area (TPSA) is 66.0 Å².